The van der Waals surface area contributed by atoms with E-state index in [0.29, 0.717) is 6.54 Å². The Labute approximate surface area is 113 Å². The van der Waals surface area contributed by atoms with Gasteiger partial charge in [-0.2, -0.15) is 0 Å². The minimum Gasteiger partial charge on any atom is -0.488 e. The van der Waals surface area contributed by atoms with Crippen LogP contribution in [0.4, 0.5) is 4.39 Å². The lowest BCUT2D eigenvalue weighted by atomic mass is 9.85. The fraction of sp³-hybridized carbons (Fsp3) is 0.600. The summed E-state index contributed by atoms with van der Waals surface area (Å²) in [4.78, 5) is 0. The number of halogens is 1. The first-order valence-corrected chi connectivity index (χ1v) is 6.91. The SMILES string of the molecule is CNCc1ccc(OCC2(O)CCCCC2)c(F)c1. The molecule has 1 fully saturated rings. The van der Waals surface area contributed by atoms with E-state index in [1.54, 1.807) is 6.07 Å². The van der Waals surface area contributed by atoms with Crippen molar-refractivity contribution >= 4 is 0 Å². The molecule has 1 aliphatic carbocycles. The van der Waals surface area contributed by atoms with Crippen molar-refractivity contribution < 1.29 is 14.2 Å². The smallest absolute Gasteiger partial charge is 0.165 e. The molecule has 0 unspecified atom stereocenters. The zero-order chi connectivity index (χ0) is 13.7. The van der Waals surface area contributed by atoms with Gasteiger partial charge in [-0.1, -0.05) is 25.3 Å². The van der Waals surface area contributed by atoms with Gasteiger partial charge in [-0.3, -0.25) is 0 Å². The summed E-state index contributed by atoms with van der Waals surface area (Å²) in [6.07, 6.45) is 4.68. The Bertz CT molecular complexity index is 417. The molecular weight excluding hydrogens is 245 g/mol. The van der Waals surface area contributed by atoms with Crippen molar-refractivity contribution in [2.24, 2.45) is 0 Å². The third-order valence-corrected chi connectivity index (χ3v) is 3.66. The summed E-state index contributed by atoms with van der Waals surface area (Å²) in [6.45, 7) is 0.802. The van der Waals surface area contributed by atoms with Crippen molar-refractivity contribution in [3.8, 4) is 5.75 Å². The van der Waals surface area contributed by atoms with Gasteiger partial charge in [0.1, 0.15) is 6.61 Å². The number of benzene rings is 1. The highest BCUT2D eigenvalue weighted by molar-refractivity contribution is 5.29. The summed E-state index contributed by atoms with van der Waals surface area (Å²) in [5.41, 5.74) is 0.0951. The number of nitrogens with one attached hydrogen (secondary N) is 1. The van der Waals surface area contributed by atoms with Gasteiger partial charge in [0, 0.05) is 6.54 Å². The fourth-order valence-corrected chi connectivity index (χ4v) is 2.54. The van der Waals surface area contributed by atoms with Gasteiger partial charge in [0.2, 0.25) is 0 Å². The molecule has 106 valence electrons. The van der Waals surface area contributed by atoms with E-state index in [1.165, 1.54) is 6.07 Å². The molecule has 1 aromatic rings. The molecule has 19 heavy (non-hydrogen) atoms. The van der Waals surface area contributed by atoms with E-state index < -0.39 is 5.60 Å². The first kappa shape index (κ1) is 14.3. The van der Waals surface area contributed by atoms with Crippen molar-refractivity contribution in [3.63, 3.8) is 0 Å². The average Bonchev–Trinajstić information content (AvgIpc) is 2.39. The van der Waals surface area contributed by atoms with Crippen LogP contribution in [0.5, 0.6) is 5.75 Å². The van der Waals surface area contributed by atoms with E-state index in [1.807, 2.05) is 13.1 Å². The Hall–Kier alpha value is -1.13. The van der Waals surface area contributed by atoms with E-state index in [0.717, 1.165) is 37.7 Å². The highest BCUT2D eigenvalue weighted by atomic mass is 19.1. The van der Waals surface area contributed by atoms with Gasteiger partial charge >= 0.3 is 0 Å². The number of ether oxygens (including phenoxy) is 1. The zero-order valence-corrected chi connectivity index (χ0v) is 11.4. The summed E-state index contributed by atoms with van der Waals surface area (Å²) in [5.74, 6) is -0.147. The van der Waals surface area contributed by atoms with Crippen molar-refractivity contribution in [1.82, 2.24) is 5.32 Å². The van der Waals surface area contributed by atoms with Crippen molar-refractivity contribution in [2.45, 2.75) is 44.2 Å². The van der Waals surface area contributed by atoms with Crippen LogP contribution in [0.15, 0.2) is 18.2 Å². The van der Waals surface area contributed by atoms with Gasteiger partial charge in [0.25, 0.3) is 0 Å². The Morgan fingerprint density at radius 3 is 2.68 bits per heavy atom. The van der Waals surface area contributed by atoms with Crippen LogP contribution < -0.4 is 10.1 Å². The number of rotatable bonds is 5. The van der Waals surface area contributed by atoms with Crippen LogP contribution in [0.2, 0.25) is 0 Å². The van der Waals surface area contributed by atoms with Crippen LogP contribution in [0.3, 0.4) is 0 Å². The van der Waals surface area contributed by atoms with Crippen LogP contribution in [-0.2, 0) is 6.54 Å². The van der Waals surface area contributed by atoms with Crippen LogP contribution in [0.25, 0.3) is 0 Å². The summed E-state index contributed by atoms with van der Waals surface area (Å²) in [6, 6.07) is 4.94. The van der Waals surface area contributed by atoms with Gasteiger partial charge in [0.05, 0.1) is 5.60 Å². The zero-order valence-electron chi connectivity index (χ0n) is 11.4. The van der Waals surface area contributed by atoms with Crippen LogP contribution in [0, 0.1) is 5.82 Å². The van der Waals surface area contributed by atoms with Gasteiger partial charge in [-0.25, -0.2) is 4.39 Å². The second kappa shape index (κ2) is 6.35. The Morgan fingerprint density at radius 2 is 2.05 bits per heavy atom. The van der Waals surface area contributed by atoms with E-state index >= 15 is 0 Å². The molecule has 1 saturated carbocycles. The molecule has 4 heteroatoms. The average molecular weight is 267 g/mol. The Kier molecular flexibility index (Phi) is 4.77. The van der Waals surface area contributed by atoms with E-state index in [2.05, 4.69) is 5.32 Å². The van der Waals surface area contributed by atoms with Gasteiger partial charge in [-0.15, -0.1) is 0 Å². The lowest BCUT2D eigenvalue weighted by Gasteiger charge is -2.31. The normalized spacial score (nSPS) is 18.3. The molecule has 0 bridgehead atoms. The number of hydrogen-bond acceptors (Lipinski definition) is 3. The van der Waals surface area contributed by atoms with Gasteiger partial charge in [-0.05, 0) is 37.6 Å². The molecule has 0 amide bonds. The van der Waals surface area contributed by atoms with Crippen molar-refractivity contribution in [3.05, 3.63) is 29.6 Å². The quantitative estimate of drug-likeness (QED) is 0.861. The van der Waals surface area contributed by atoms with Crippen molar-refractivity contribution in [1.29, 1.82) is 0 Å². The minimum absolute atomic E-state index is 0.176. The topological polar surface area (TPSA) is 41.5 Å². The summed E-state index contributed by atoms with van der Waals surface area (Å²) >= 11 is 0. The summed E-state index contributed by atoms with van der Waals surface area (Å²) in [5, 5.41) is 13.3. The monoisotopic (exact) mass is 267 g/mol. The molecule has 0 aromatic heterocycles. The molecule has 0 spiro atoms. The second-order valence-electron chi connectivity index (χ2n) is 5.37. The third-order valence-electron chi connectivity index (χ3n) is 3.66. The maximum absolute atomic E-state index is 13.8. The Balaban J connectivity index is 1.95. The lowest BCUT2D eigenvalue weighted by Crippen LogP contribution is -2.38. The predicted molar refractivity (Wildman–Crippen MR) is 72.7 cm³/mol. The fourth-order valence-electron chi connectivity index (χ4n) is 2.54. The number of aliphatic hydroxyl groups is 1. The maximum atomic E-state index is 13.8. The minimum atomic E-state index is -0.783. The van der Waals surface area contributed by atoms with E-state index in [4.69, 9.17) is 4.74 Å². The molecular formula is C15H22FNO2. The third kappa shape index (κ3) is 3.91. The molecule has 1 aromatic carbocycles. The van der Waals surface area contributed by atoms with Crippen molar-refractivity contribution in [2.75, 3.05) is 13.7 Å². The molecule has 0 aliphatic heterocycles. The van der Waals surface area contributed by atoms with Crippen LogP contribution >= 0.6 is 0 Å². The maximum Gasteiger partial charge on any atom is 0.165 e. The van der Waals surface area contributed by atoms with Gasteiger partial charge in [0.15, 0.2) is 11.6 Å². The molecule has 0 radical (unpaired) electrons. The standard InChI is InChI=1S/C15H22FNO2/c1-17-10-12-5-6-14(13(16)9-12)19-11-15(18)7-3-2-4-8-15/h5-6,9,17-18H,2-4,7-8,10-11H2,1H3. The molecule has 3 nitrogen and oxygen atoms in total. The highest BCUT2D eigenvalue weighted by Crippen LogP contribution is 2.29. The molecule has 0 heterocycles. The second-order valence-corrected chi connectivity index (χ2v) is 5.37. The largest absolute Gasteiger partial charge is 0.488 e. The van der Waals surface area contributed by atoms with Gasteiger partial charge < -0.3 is 15.2 Å². The first-order valence-electron chi connectivity index (χ1n) is 6.91. The lowest BCUT2D eigenvalue weighted by molar-refractivity contribution is -0.0347. The molecule has 0 atom stereocenters. The van der Waals surface area contributed by atoms with Crippen LogP contribution in [-0.4, -0.2) is 24.4 Å². The van der Waals surface area contributed by atoms with Crippen LogP contribution in [0.1, 0.15) is 37.7 Å². The summed E-state index contributed by atoms with van der Waals surface area (Å²) in [7, 11) is 1.82. The Morgan fingerprint density at radius 1 is 1.32 bits per heavy atom. The predicted octanol–water partition coefficient (Wildman–Crippen LogP) is 2.62. The molecule has 2 rings (SSSR count). The highest BCUT2D eigenvalue weighted by Gasteiger charge is 2.30. The summed E-state index contributed by atoms with van der Waals surface area (Å²) < 4.78 is 19.3. The van der Waals surface area contributed by atoms with E-state index in [-0.39, 0.29) is 18.2 Å². The molecule has 1 aliphatic rings. The number of hydrogen-bond donors (Lipinski definition) is 2. The molecule has 0 saturated heterocycles. The first-order chi connectivity index (χ1) is 9.13. The molecule has 2 N–H and O–H groups in total. The van der Waals surface area contributed by atoms with E-state index in [9.17, 15) is 9.50 Å².